The number of nitriles is 1. The van der Waals surface area contributed by atoms with E-state index in [1.54, 1.807) is 6.07 Å². The van der Waals surface area contributed by atoms with Crippen LogP contribution in [0.2, 0.25) is 0 Å². The fraction of sp³-hybridized carbons (Fsp3) is 0.417. The van der Waals surface area contributed by atoms with Crippen LogP contribution in [0.5, 0.6) is 0 Å². The van der Waals surface area contributed by atoms with Gasteiger partial charge in [-0.25, -0.2) is 8.78 Å². The normalized spacial score (nSPS) is 20.1. The lowest BCUT2D eigenvalue weighted by atomic mass is 10.1. The summed E-state index contributed by atoms with van der Waals surface area (Å²) in [4.78, 5) is 1.49. The fourth-order valence-electron chi connectivity index (χ4n) is 2.09. The molecule has 5 heteroatoms. The number of hydrogen-bond donors (Lipinski definition) is 1. The van der Waals surface area contributed by atoms with E-state index in [4.69, 9.17) is 5.26 Å². The Hall–Kier alpha value is -1.67. The molecule has 1 atom stereocenters. The highest BCUT2D eigenvalue weighted by atomic mass is 19.1. The highest BCUT2D eigenvalue weighted by molar-refractivity contribution is 5.53. The van der Waals surface area contributed by atoms with E-state index in [1.165, 1.54) is 4.90 Å². The first-order valence-corrected chi connectivity index (χ1v) is 5.44. The lowest BCUT2D eigenvalue weighted by molar-refractivity contribution is 0.153. The minimum absolute atomic E-state index is 0.0405. The third-order valence-electron chi connectivity index (χ3n) is 2.86. The van der Waals surface area contributed by atoms with Crippen molar-refractivity contribution in [1.29, 1.82) is 5.26 Å². The Kier molecular flexibility index (Phi) is 3.25. The summed E-state index contributed by atoms with van der Waals surface area (Å²) in [6.07, 6.45) is 0.786. The summed E-state index contributed by atoms with van der Waals surface area (Å²) in [5.41, 5.74) is -0.191. The summed E-state index contributed by atoms with van der Waals surface area (Å²) in [5.74, 6) is -1.51. The Morgan fingerprint density at radius 3 is 2.53 bits per heavy atom. The van der Waals surface area contributed by atoms with Gasteiger partial charge >= 0.3 is 0 Å². The molecule has 0 aromatic heterocycles. The molecule has 0 amide bonds. The molecular formula is C12H12F2N2O. The van der Waals surface area contributed by atoms with Crippen molar-refractivity contribution >= 4 is 5.69 Å². The van der Waals surface area contributed by atoms with E-state index in [-0.39, 0.29) is 17.8 Å². The number of rotatable bonds is 1. The summed E-state index contributed by atoms with van der Waals surface area (Å²) in [6.45, 7) is 0.733. The SMILES string of the molecule is N#Cc1cc(F)c(N2CCC[C@H](O)C2)c(F)c1. The van der Waals surface area contributed by atoms with Crippen molar-refractivity contribution in [1.82, 2.24) is 0 Å². The van der Waals surface area contributed by atoms with E-state index in [0.717, 1.165) is 12.1 Å². The van der Waals surface area contributed by atoms with Crippen molar-refractivity contribution in [3.8, 4) is 6.07 Å². The molecule has 1 N–H and O–H groups in total. The average molecular weight is 238 g/mol. The second kappa shape index (κ2) is 4.68. The minimum atomic E-state index is -0.754. The molecule has 1 heterocycles. The van der Waals surface area contributed by atoms with Gasteiger partial charge in [0.2, 0.25) is 0 Å². The van der Waals surface area contributed by atoms with Crippen molar-refractivity contribution < 1.29 is 13.9 Å². The molecule has 2 rings (SSSR count). The van der Waals surface area contributed by atoms with E-state index in [1.807, 2.05) is 0 Å². The molecule has 17 heavy (non-hydrogen) atoms. The summed E-state index contributed by atoms with van der Waals surface area (Å²) in [6, 6.07) is 3.73. The third kappa shape index (κ3) is 2.37. The zero-order valence-corrected chi connectivity index (χ0v) is 9.16. The molecule has 0 aliphatic carbocycles. The van der Waals surface area contributed by atoms with Gasteiger partial charge < -0.3 is 10.0 Å². The van der Waals surface area contributed by atoms with E-state index < -0.39 is 17.7 Å². The molecule has 1 saturated heterocycles. The molecule has 0 bridgehead atoms. The van der Waals surface area contributed by atoms with Crippen LogP contribution >= 0.6 is 0 Å². The number of anilines is 1. The van der Waals surface area contributed by atoms with Gasteiger partial charge in [-0.2, -0.15) is 5.26 Å². The van der Waals surface area contributed by atoms with Crippen LogP contribution in [-0.4, -0.2) is 24.3 Å². The largest absolute Gasteiger partial charge is 0.391 e. The molecule has 3 nitrogen and oxygen atoms in total. The van der Waals surface area contributed by atoms with Crippen LogP contribution in [0, 0.1) is 23.0 Å². The number of halogens is 2. The molecule has 0 unspecified atom stereocenters. The predicted octanol–water partition coefficient (Wildman–Crippen LogP) is 1.80. The third-order valence-corrected chi connectivity index (χ3v) is 2.86. The highest BCUT2D eigenvalue weighted by Crippen LogP contribution is 2.27. The first kappa shape index (κ1) is 11.8. The second-order valence-electron chi connectivity index (χ2n) is 4.14. The first-order chi connectivity index (χ1) is 8.11. The number of piperidine rings is 1. The molecule has 1 aromatic carbocycles. The number of β-amino-alcohol motifs (C(OH)–C–C–N with tert-alkyl or cyclic N) is 1. The number of aliphatic hydroxyl groups excluding tert-OH is 1. The summed E-state index contributed by atoms with van der Waals surface area (Å²) in [7, 11) is 0. The van der Waals surface area contributed by atoms with Gasteiger partial charge in [-0.15, -0.1) is 0 Å². The quantitative estimate of drug-likeness (QED) is 0.811. The Balaban J connectivity index is 2.35. The zero-order valence-electron chi connectivity index (χ0n) is 9.16. The van der Waals surface area contributed by atoms with Gasteiger partial charge in [-0.3, -0.25) is 0 Å². The highest BCUT2D eigenvalue weighted by Gasteiger charge is 2.23. The smallest absolute Gasteiger partial charge is 0.150 e. The number of hydrogen-bond acceptors (Lipinski definition) is 3. The molecule has 1 aliphatic heterocycles. The molecule has 0 saturated carbocycles. The molecule has 1 aliphatic rings. The lowest BCUT2D eigenvalue weighted by Crippen LogP contribution is -2.39. The van der Waals surface area contributed by atoms with Crippen LogP contribution in [0.25, 0.3) is 0 Å². The maximum atomic E-state index is 13.7. The van der Waals surface area contributed by atoms with Gasteiger partial charge in [0.05, 0.1) is 17.7 Å². The summed E-state index contributed by atoms with van der Waals surface area (Å²) in [5, 5.41) is 18.1. The first-order valence-electron chi connectivity index (χ1n) is 5.44. The van der Waals surface area contributed by atoms with Crippen molar-refractivity contribution in [2.24, 2.45) is 0 Å². The zero-order chi connectivity index (χ0) is 12.4. The molecule has 0 radical (unpaired) electrons. The Morgan fingerprint density at radius 1 is 1.35 bits per heavy atom. The van der Waals surface area contributed by atoms with Gasteiger partial charge in [-0.1, -0.05) is 0 Å². The second-order valence-corrected chi connectivity index (χ2v) is 4.14. The number of benzene rings is 1. The van der Waals surface area contributed by atoms with Gasteiger partial charge in [0.25, 0.3) is 0 Å². The van der Waals surface area contributed by atoms with Crippen LogP contribution in [0.1, 0.15) is 18.4 Å². The number of aliphatic hydroxyl groups is 1. The van der Waals surface area contributed by atoms with Crippen molar-refractivity contribution in [2.75, 3.05) is 18.0 Å². The Morgan fingerprint density at radius 2 is 2.00 bits per heavy atom. The molecule has 90 valence electrons. The van der Waals surface area contributed by atoms with Gasteiger partial charge in [-0.05, 0) is 25.0 Å². The monoisotopic (exact) mass is 238 g/mol. The maximum absolute atomic E-state index is 13.7. The standard InChI is InChI=1S/C12H12F2N2O/c13-10-4-8(6-15)5-11(14)12(10)16-3-1-2-9(17)7-16/h4-5,9,17H,1-3,7H2/t9-/m0/s1. The maximum Gasteiger partial charge on any atom is 0.150 e. The van der Waals surface area contributed by atoms with Gasteiger partial charge in [0.1, 0.15) is 5.69 Å². The number of nitrogens with zero attached hydrogens (tertiary/aromatic N) is 2. The van der Waals surface area contributed by atoms with Crippen molar-refractivity contribution in [3.05, 3.63) is 29.3 Å². The fourth-order valence-corrected chi connectivity index (χ4v) is 2.09. The molecular weight excluding hydrogens is 226 g/mol. The average Bonchev–Trinajstić information content (AvgIpc) is 2.28. The van der Waals surface area contributed by atoms with E-state index in [0.29, 0.717) is 19.4 Å². The van der Waals surface area contributed by atoms with Crippen molar-refractivity contribution in [2.45, 2.75) is 18.9 Å². The molecule has 1 fully saturated rings. The Bertz CT molecular complexity index is 447. The van der Waals surface area contributed by atoms with E-state index >= 15 is 0 Å². The van der Waals surface area contributed by atoms with Crippen LogP contribution in [0.4, 0.5) is 14.5 Å². The minimum Gasteiger partial charge on any atom is -0.391 e. The van der Waals surface area contributed by atoms with Crippen LogP contribution in [-0.2, 0) is 0 Å². The van der Waals surface area contributed by atoms with E-state index in [9.17, 15) is 13.9 Å². The topological polar surface area (TPSA) is 47.3 Å². The predicted molar refractivity (Wildman–Crippen MR) is 58.5 cm³/mol. The van der Waals surface area contributed by atoms with Crippen LogP contribution in [0.15, 0.2) is 12.1 Å². The summed E-state index contributed by atoms with van der Waals surface area (Å²) >= 11 is 0. The lowest BCUT2D eigenvalue weighted by Gasteiger charge is -2.32. The van der Waals surface area contributed by atoms with Crippen LogP contribution in [0.3, 0.4) is 0 Å². The summed E-state index contributed by atoms with van der Waals surface area (Å²) < 4.78 is 27.4. The molecule has 1 aromatic rings. The Labute approximate surface area is 97.9 Å². The van der Waals surface area contributed by atoms with E-state index in [2.05, 4.69) is 0 Å². The van der Waals surface area contributed by atoms with Gasteiger partial charge in [0, 0.05) is 13.1 Å². The van der Waals surface area contributed by atoms with Crippen LogP contribution < -0.4 is 4.90 Å². The van der Waals surface area contributed by atoms with Crippen molar-refractivity contribution in [3.63, 3.8) is 0 Å². The molecule has 0 spiro atoms. The van der Waals surface area contributed by atoms with Gasteiger partial charge in [0.15, 0.2) is 11.6 Å².